The van der Waals surface area contributed by atoms with Gasteiger partial charge in [0.25, 0.3) is 0 Å². The molecule has 0 radical (unpaired) electrons. The fourth-order valence-electron chi connectivity index (χ4n) is 4.52. The molecular formula is C23H25N5O2S. The van der Waals surface area contributed by atoms with Crippen LogP contribution in [0.25, 0.3) is 12.2 Å². The third-order valence-electron chi connectivity index (χ3n) is 6.21. The number of rotatable bonds is 3. The van der Waals surface area contributed by atoms with Crippen LogP contribution in [0.2, 0.25) is 0 Å². The molecule has 5 heterocycles. The van der Waals surface area contributed by atoms with Gasteiger partial charge >= 0.3 is 0 Å². The number of anilines is 1. The lowest BCUT2D eigenvalue weighted by atomic mass is 10.0. The van der Waals surface area contributed by atoms with Gasteiger partial charge in [-0.3, -0.25) is 14.5 Å². The summed E-state index contributed by atoms with van der Waals surface area (Å²) in [5.74, 6) is 0.699. The highest BCUT2D eigenvalue weighted by molar-refractivity contribution is 7.07. The average molecular weight is 436 g/mol. The fourth-order valence-corrected chi connectivity index (χ4v) is 5.03. The van der Waals surface area contributed by atoms with Crippen LogP contribution in [0.1, 0.15) is 42.5 Å². The lowest BCUT2D eigenvalue weighted by Gasteiger charge is -2.27. The largest absolute Gasteiger partial charge is 0.339 e. The van der Waals surface area contributed by atoms with E-state index < -0.39 is 0 Å². The molecular weight excluding hydrogens is 410 g/mol. The minimum atomic E-state index is -0.0525. The highest BCUT2D eigenvalue weighted by Crippen LogP contribution is 2.28. The van der Waals surface area contributed by atoms with E-state index in [9.17, 15) is 9.59 Å². The van der Waals surface area contributed by atoms with E-state index in [1.807, 2.05) is 27.9 Å². The van der Waals surface area contributed by atoms with Crippen molar-refractivity contribution in [1.82, 2.24) is 19.8 Å². The third kappa shape index (κ3) is 4.45. The predicted octanol–water partition coefficient (Wildman–Crippen LogP) is 3.17. The number of aromatic nitrogens is 2. The van der Waals surface area contributed by atoms with E-state index in [-0.39, 0.29) is 17.9 Å². The molecule has 0 aliphatic carbocycles. The van der Waals surface area contributed by atoms with Crippen LogP contribution in [0.3, 0.4) is 0 Å². The first-order valence-corrected chi connectivity index (χ1v) is 11.7. The maximum Gasteiger partial charge on any atom is 0.246 e. The Hall–Kier alpha value is -2.84. The van der Waals surface area contributed by atoms with E-state index in [0.717, 1.165) is 62.1 Å². The molecule has 0 unspecified atom stereocenters. The molecule has 0 aromatic carbocycles. The Morgan fingerprint density at radius 1 is 1.23 bits per heavy atom. The summed E-state index contributed by atoms with van der Waals surface area (Å²) in [6, 6.07) is 1.97. The van der Waals surface area contributed by atoms with Gasteiger partial charge in [-0.15, -0.1) is 11.3 Å². The summed E-state index contributed by atoms with van der Waals surface area (Å²) >= 11 is 1.59. The number of carbonyl (C=O) groups is 2. The van der Waals surface area contributed by atoms with E-state index >= 15 is 0 Å². The van der Waals surface area contributed by atoms with Gasteiger partial charge in [-0.05, 0) is 56.0 Å². The Kier molecular flexibility index (Phi) is 5.65. The maximum atomic E-state index is 12.7. The molecule has 2 aromatic heterocycles. The zero-order valence-electron chi connectivity index (χ0n) is 17.3. The van der Waals surface area contributed by atoms with Crippen molar-refractivity contribution < 1.29 is 9.59 Å². The standard InChI is InChI=1S/C23H25N5O2S/c29-21(27-8-5-16(6-9-27)11-19-14-31-15-25-19)4-3-17-10-18-13-28-7-1-2-20(28)23(30)26-22(18)24-12-17/h3-4,10-12,14-15,20H,1-2,5-9,13H2,(H,24,26,30)/b4-3+/t20-/m0/s1. The van der Waals surface area contributed by atoms with Crippen molar-refractivity contribution in [3.8, 4) is 0 Å². The second-order valence-electron chi connectivity index (χ2n) is 8.27. The Balaban J connectivity index is 1.22. The summed E-state index contributed by atoms with van der Waals surface area (Å²) in [6.45, 7) is 3.10. The molecule has 1 atom stereocenters. The monoisotopic (exact) mass is 435 g/mol. The summed E-state index contributed by atoms with van der Waals surface area (Å²) in [5.41, 5.74) is 6.06. The first kappa shape index (κ1) is 20.1. The molecule has 0 spiro atoms. The summed E-state index contributed by atoms with van der Waals surface area (Å²) < 4.78 is 0. The molecule has 2 fully saturated rings. The van der Waals surface area contributed by atoms with Crippen molar-refractivity contribution in [2.45, 2.75) is 38.3 Å². The summed E-state index contributed by atoms with van der Waals surface area (Å²) in [7, 11) is 0. The number of hydrogen-bond donors (Lipinski definition) is 1. The van der Waals surface area contributed by atoms with Gasteiger partial charge in [-0.2, -0.15) is 0 Å². The third-order valence-corrected chi connectivity index (χ3v) is 6.81. The molecule has 31 heavy (non-hydrogen) atoms. The highest BCUT2D eigenvalue weighted by atomic mass is 32.1. The number of carbonyl (C=O) groups excluding carboxylic acids is 2. The van der Waals surface area contributed by atoms with Crippen molar-refractivity contribution >= 4 is 41.1 Å². The minimum Gasteiger partial charge on any atom is -0.339 e. The number of pyridine rings is 1. The second-order valence-corrected chi connectivity index (χ2v) is 8.99. The van der Waals surface area contributed by atoms with Crippen LogP contribution in [-0.4, -0.2) is 57.3 Å². The molecule has 3 aliphatic heterocycles. The van der Waals surface area contributed by atoms with Gasteiger partial charge in [0.15, 0.2) is 0 Å². The molecule has 0 bridgehead atoms. The van der Waals surface area contributed by atoms with Crippen LogP contribution in [0.4, 0.5) is 5.82 Å². The Morgan fingerprint density at radius 2 is 2.10 bits per heavy atom. The second kappa shape index (κ2) is 8.72. The molecule has 1 N–H and O–H groups in total. The molecule has 0 saturated carbocycles. The van der Waals surface area contributed by atoms with Crippen LogP contribution < -0.4 is 5.32 Å². The molecule has 2 saturated heterocycles. The molecule has 5 rings (SSSR count). The van der Waals surface area contributed by atoms with Gasteiger partial charge < -0.3 is 10.2 Å². The number of fused-ring (bicyclic) bond motifs is 2. The van der Waals surface area contributed by atoms with Gasteiger partial charge in [0, 0.05) is 42.9 Å². The first-order valence-electron chi connectivity index (χ1n) is 10.7. The number of hydrogen-bond acceptors (Lipinski definition) is 6. The zero-order chi connectivity index (χ0) is 21.2. The van der Waals surface area contributed by atoms with Gasteiger partial charge in [0.1, 0.15) is 5.82 Å². The molecule has 3 aliphatic rings. The first-order chi connectivity index (χ1) is 15.2. The van der Waals surface area contributed by atoms with Crippen LogP contribution in [0, 0.1) is 0 Å². The van der Waals surface area contributed by atoms with E-state index in [1.54, 1.807) is 23.6 Å². The SMILES string of the molecule is O=C1Nc2ncc(/C=C/C(=O)N3CCC(=Cc4cscn4)CC3)cc2CN2CCC[C@@H]12. The average Bonchev–Trinajstić information content (AvgIpc) is 3.44. The summed E-state index contributed by atoms with van der Waals surface area (Å²) in [5, 5.41) is 5.00. The van der Waals surface area contributed by atoms with Crippen LogP contribution >= 0.6 is 11.3 Å². The molecule has 8 heteroatoms. The lowest BCUT2D eigenvalue weighted by molar-refractivity contribution is -0.126. The van der Waals surface area contributed by atoms with E-state index in [1.165, 1.54) is 5.57 Å². The topological polar surface area (TPSA) is 78.4 Å². The Labute approximate surface area is 185 Å². The number of piperidine rings is 1. The Bertz CT molecular complexity index is 1040. The van der Waals surface area contributed by atoms with Gasteiger partial charge in [0.05, 0.1) is 17.2 Å². The van der Waals surface area contributed by atoms with Gasteiger partial charge in [-0.25, -0.2) is 9.97 Å². The lowest BCUT2D eigenvalue weighted by Crippen LogP contribution is -2.36. The van der Waals surface area contributed by atoms with E-state index in [2.05, 4.69) is 26.3 Å². The van der Waals surface area contributed by atoms with Crippen molar-refractivity contribution in [2.75, 3.05) is 25.0 Å². The maximum absolute atomic E-state index is 12.7. The normalized spacial score (nSPS) is 21.5. The van der Waals surface area contributed by atoms with Gasteiger partial charge in [-0.1, -0.05) is 5.57 Å². The summed E-state index contributed by atoms with van der Waals surface area (Å²) in [4.78, 5) is 37.9. The fraction of sp³-hybridized carbons (Fsp3) is 0.391. The van der Waals surface area contributed by atoms with E-state index in [4.69, 9.17) is 0 Å². The molecule has 2 aromatic rings. The zero-order valence-corrected chi connectivity index (χ0v) is 18.1. The number of nitrogens with zero attached hydrogens (tertiary/aromatic N) is 4. The van der Waals surface area contributed by atoms with Crippen molar-refractivity contribution in [2.24, 2.45) is 0 Å². The number of amides is 2. The van der Waals surface area contributed by atoms with Crippen molar-refractivity contribution in [3.05, 3.63) is 51.6 Å². The summed E-state index contributed by atoms with van der Waals surface area (Å²) in [6.07, 6.45) is 11.0. The minimum absolute atomic E-state index is 0.0237. The van der Waals surface area contributed by atoms with Gasteiger partial charge in [0.2, 0.25) is 11.8 Å². The number of likely N-dealkylation sites (tertiary alicyclic amines) is 1. The number of nitrogens with one attached hydrogen (secondary N) is 1. The number of thiazole rings is 1. The Morgan fingerprint density at radius 3 is 2.90 bits per heavy atom. The predicted molar refractivity (Wildman–Crippen MR) is 121 cm³/mol. The molecule has 2 amide bonds. The highest BCUT2D eigenvalue weighted by Gasteiger charge is 2.34. The van der Waals surface area contributed by atoms with Crippen LogP contribution in [0.5, 0.6) is 0 Å². The molecule has 160 valence electrons. The molecule has 7 nitrogen and oxygen atoms in total. The van der Waals surface area contributed by atoms with Crippen molar-refractivity contribution in [3.63, 3.8) is 0 Å². The van der Waals surface area contributed by atoms with Crippen LogP contribution in [-0.2, 0) is 16.1 Å². The smallest absolute Gasteiger partial charge is 0.246 e. The van der Waals surface area contributed by atoms with E-state index in [0.29, 0.717) is 12.4 Å². The van der Waals surface area contributed by atoms with Crippen LogP contribution in [0.15, 0.2) is 34.8 Å². The quantitative estimate of drug-likeness (QED) is 0.750. The van der Waals surface area contributed by atoms with Crippen molar-refractivity contribution in [1.29, 1.82) is 0 Å².